The molecule has 0 spiro atoms. The van der Waals surface area contributed by atoms with E-state index in [4.69, 9.17) is 9.47 Å². The first kappa shape index (κ1) is 23.7. The average molecular weight is 461 g/mol. The summed E-state index contributed by atoms with van der Waals surface area (Å²) in [6, 6.07) is 11.6. The number of nitrogens with zero attached hydrogens (tertiary/aromatic N) is 1. The topological polar surface area (TPSA) is 102 Å². The molecule has 1 amide bonds. The Morgan fingerprint density at radius 2 is 1.75 bits per heavy atom. The Morgan fingerprint density at radius 1 is 1.06 bits per heavy atom. The standard InChI is InChI=1S/C23H28N2O6S/c1-3-30-23(27)15-18-6-8-19(9-7-18)24-22(26)16-31-21-11-10-20(14-17(21)2)32(28,29)25-12-4-5-13-25/h6-11,14H,3-5,12-13,15-16H2,1-2H3,(H,24,26). The Labute approximate surface area is 188 Å². The molecule has 0 aliphatic carbocycles. The van der Waals surface area contributed by atoms with E-state index in [1.807, 2.05) is 0 Å². The van der Waals surface area contributed by atoms with Crippen molar-refractivity contribution in [3.05, 3.63) is 53.6 Å². The van der Waals surface area contributed by atoms with Crippen molar-refractivity contribution in [2.45, 2.75) is 38.0 Å². The van der Waals surface area contributed by atoms with Gasteiger partial charge in [-0.05, 0) is 68.1 Å². The van der Waals surface area contributed by atoms with Gasteiger partial charge in [-0.3, -0.25) is 9.59 Å². The van der Waals surface area contributed by atoms with E-state index in [1.165, 1.54) is 10.4 Å². The highest BCUT2D eigenvalue weighted by molar-refractivity contribution is 7.89. The van der Waals surface area contributed by atoms with E-state index in [1.54, 1.807) is 50.2 Å². The van der Waals surface area contributed by atoms with E-state index in [-0.39, 0.29) is 29.8 Å². The fourth-order valence-electron chi connectivity index (χ4n) is 3.45. The monoisotopic (exact) mass is 460 g/mol. The van der Waals surface area contributed by atoms with Crippen molar-refractivity contribution in [2.75, 3.05) is 31.6 Å². The van der Waals surface area contributed by atoms with Crippen molar-refractivity contribution >= 4 is 27.6 Å². The largest absolute Gasteiger partial charge is 0.483 e. The molecule has 0 unspecified atom stereocenters. The Hall–Kier alpha value is -2.91. The molecule has 0 aromatic heterocycles. The highest BCUT2D eigenvalue weighted by atomic mass is 32.2. The normalized spacial score (nSPS) is 14.2. The number of rotatable bonds is 9. The van der Waals surface area contributed by atoms with Crippen LogP contribution in [0, 0.1) is 6.92 Å². The van der Waals surface area contributed by atoms with Crippen LogP contribution in [0.15, 0.2) is 47.4 Å². The fourth-order valence-corrected chi connectivity index (χ4v) is 5.05. The van der Waals surface area contributed by atoms with E-state index in [2.05, 4.69) is 5.32 Å². The quantitative estimate of drug-likeness (QED) is 0.578. The second kappa shape index (κ2) is 10.6. The maximum atomic E-state index is 12.7. The first-order chi connectivity index (χ1) is 15.3. The summed E-state index contributed by atoms with van der Waals surface area (Å²) in [4.78, 5) is 24.0. The summed E-state index contributed by atoms with van der Waals surface area (Å²) in [6.07, 6.45) is 1.93. The van der Waals surface area contributed by atoms with Gasteiger partial charge in [0.15, 0.2) is 6.61 Å². The van der Waals surface area contributed by atoms with Crippen molar-refractivity contribution < 1.29 is 27.5 Å². The van der Waals surface area contributed by atoms with Crippen LogP contribution in [-0.2, 0) is 30.8 Å². The van der Waals surface area contributed by atoms with Gasteiger partial charge in [0.1, 0.15) is 5.75 Å². The van der Waals surface area contributed by atoms with E-state index in [0.29, 0.717) is 36.7 Å². The van der Waals surface area contributed by atoms with Crippen LogP contribution in [0.1, 0.15) is 30.9 Å². The van der Waals surface area contributed by atoms with Gasteiger partial charge in [0.05, 0.1) is 17.9 Å². The zero-order chi connectivity index (χ0) is 23.1. The number of ether oxygens (including phenoxy) is 2. The van der Waals surface area contributed by atoms with Crippen LogP contribution in [-0.4, -0.2) is 50.9 Å². The molecule has 1 aliphatic heterocycles. The van der Waals surface area contributed by atoms with Gasteiger partial charge in [-0.1, -0.05) is 12.1 Å². The van der Waals surface area contributed by atoms with Crippen LogP contribution in [0.3, 0.4) is 0 Å². The minimum Gasteiger partial charge on any atom is -0.483 e. The maximum Gasteiger partial charge on any atom is 0.310 e. The number of benzene rings is 2. The van der Waals surface area contributed by atoms with Crippen LogP contribution in [0.5, 0.6) is 5.75 Å². The third-order valence-electron chi connectivity index (χ3n) is 5.10. The number of hydrogen-bond donors (Lipinski definition) is 1. The fraction of sp³-hybridized carbons (Fsp3) is 0.391. The number of hydrogen-bond acceptors (Lipinski definition) is 6. The number of nitrogens with one attached hydrogen (secondary N) is 1. The van der Waals surface area contributed by atoms with Gasteiger partial charge in [-0.2, -0.15) is 4.31 Å². The number of carbonyl (C=O) groups excluding carboxylic acids is 2. The van der Waals surface area contributed by atoms with Crippen molar-refractivity contribution in [1.29, 1.82) is 0 Å². The van der Waals surface area contributed by atoms with E-state index >= 15 is 0 Å². The molecule has 1 saturated heterocycles. The highest BCUT2D eigenvalue weighted by Gasteiger charge is 2.27. The average Bonchev–Trinajstić information content (AvgIpc) is 3.30. The number of aryl methyl sites for hydroxylation is 1. The Bertz CT molecular complexity index is 1060. The van der Waals surface area contributed by atoms with Gasteiger partial charge in [-0.15, -0.1) is 0 Å². The van der Waals surface area contributed by atoms with Crippen molar-refractivity contribution in [1.82, 2.24) is 4.31 Å². The molecule has 32 heavy (non-hydrogen) atoms. The summed E-state index contributed by atoms with van der Waals surface area (Å²) in [6.45, 7) is 4.71. The van der Waals surface area contributed by atoms with Gasteiger partial charge in [-0.25, -0.2) is 8.42 Å². The predicted octanol–water partition coefficient (Wildman–Crippen LogP) is 2.90. The minimum atomic E-state index is -3.49. The smallest absolute Gasteiger partial charge is 0.310 e. The molecule has 172 valence electrons. The molecular weight excluding hydrogens is 432 g/mol. The molecule has 0 saturated carbocycles. The van der Waals surface area contributed by atoms with Crippen LogP contribution < -0.4 is 10.1 Å². The summed E-state index contributed by atoms with van der Waals surface area (Å²) < 4.78 is 37.4. The molecule has 1 aliphatic rings. The molecule has 9 heteroatoms. The molecule has 1 fully saturated rings. The summed E-state index contributed by atoms with van der Waals surface area (Å²) in [7, 11) is -3.49. The van der Waals surface area contributed by atoms with Crippen molar-refractivity contribution in [2.24, 2.45) is 0 Å². The molecule has 2 aromatic carbocycles. The lowest BCUT2D eigenvalue weighted by molar-refractivity contribution is -0.142. The van der Waals surface area contributed by atoms with Gasteiger partial charge in [0, 0.05) is 18.8 Å². The summed E-state index contributed by atoms with van der Waals surface area (Å²) in [5.41, 5.74) is 2.01. The van der Waals surface area contributed by atoms with Gasteiger partial charge in [0.2, 0.25) is 10.0 Å². The van der Waals surface area contributed by atoms with Crippen molar-refractivity contribution in [3.63, 3.8) is 0 Å². The van der Waals surface area contributed by atoms with Crippen LogP contribution in [0.4, 0.5) is 5.69 Å². The molecule has 0 radical (unpaired) electrons. The Morgan fingerprint density at radius 3 is 2.38 bits per heavy atom. The second-order valence-corrected chi connectivity index (χ2v) is 9.49. The molecule has 8 nitrogen and oxygen atoms in total. The number of carbonyl (C=O) groups is 2. The Balaban J connectivity index is 1.54. The van der Waals surface area contributed by atoms with Gasteiger partial charge >= 0.3 is 5.97 Å². The molecule has 3 rings (SSSR count). The number of anilines is 1. The number of amides is 1. The van der Waals surface area contributed by atoms with E-state index in [0.717, 1.165) is 18.4 Å². The first-order valence-corrected chi connectivity index (χ1v) is 12.0. The molecule has 0 atom stereocenters. The Kier molecular flexibility index (Phi) is 7.87. The van der Waals surface area contributed by atoms with Gasteiger partial charge < -0.3 is 14.8 Å². The van der Waals surface area contributed by atoms with Crippen LogP contribution >= 0.6 is 0 Å². The zero-order valence-electron chi connectivity index (χ0n) is 18.3. The predicted molar refractivity (Wildman–Crippen MR) is 120 cm³/mol. The third-order valence-corrected chi connectivity index (χ3v) is 6.99. The lowest BCUT2D eigenvalue weighted by Crippen LogP contribution is -2.27. The maximum absolute atomic E-state index is 12.7. The summed E-state index contributed by atoms with van der Waals surface area (Å²) >= 11 is 0. The van der Waals surface area contributed by atoms with Crippen LogP contribution in [0.25, 0.3) is 0 Å². The minimum absolute atomic E-state index is 0.175. The molecule has 1 heterocycles. The molecule has 2 aromatic rings. The van der Waals surface area contributed by atoms with Gasteiger partial charge in [0.25, 0.3) is 5.91 Å². The lowest BCUT2D eigenvalue weighted by Gasteiger charge is -2.17. The SMILES string of the molecule is CCOC(=O)Cc1ccc(NC(=O)COc2ccc(S(=O)(=O)N3CCCC3)cc2C)cc1. The number of esters is 1. The number of sulfonamides is 1. The molecular formula is C23H28N2O6S. The van der Waals surface area contributed by atoms with Crippen molar-refractivity contribution in [3.8, 4) is 5.75 Å². The second-order valence-electron chi connectivity index (χ2n) is 7.55. The summed E-state index contributed by atoms with van der Waals surface area (Å²) in [5.74, 6) is -0.200. The zero-order valence-corrected chi connectivity index (χ0v) is 19.1. The highest BCUT2D eigenvalue weighted by Crippen LogP contribution is 2.26. The third kappa shape index (κ3) is 6.08. The lowest BCUT2D eigenvalue weighted by atomic mass is 10.1. The van der Waals surface area contributed by atoms with E-state index in [9.17, 15) is 18.0 Å². The first-order valence-electron chi connectivity index (χ1n) is 10.6. The molecule has 1 N–H and O–H groups in total. The molecule has 0 bridgehead atoms. The summed E-state index contributed by atoms with van der Waals surface area (Å²) in [5, 5.41) is 2.73. The van der Waals surface area contributed by atoms with E-state index < -0.39 is 10.0 Å². The van der Waals surface area contributed by atoms with Crippen LogP contribution in [0.2, 0.25) is 0 Å².